The minimum Gasteiger partial charge on any atom is -0.374 e. The molecule has 1 N–H and O–H groups in total. The van der Waals surface area contributed by atoms with E-state index in [-0.39, 0.29) is 25.4 Å². The second kappa shape index (κ2) is 14.4. The fraction of sp³-hybridized carbons (Fsp3) is 0.448. The Bertz CT molecular complexity index is 1470. The van der Waals surface area contributed by atoms with E-state index in [0.717, 1.165) is 33.7 Å². The molecule has 1 aromatic heterocycles. The molecule has 0 amide bonds. The van der Waals surface area contributed by atoms with Gasteiger partial charge in [-0.2, -0.15) is 8.42 Å². The highest BCUT2D eigenvalue weighted by Crippen LogP contribution is 2.40. The van der Waals surface area contributed by atoms with E-state index in [4.69, 9.17) is 13.7 Å². The van der Waals surface area contributed by atoms with Gasteiger partial charge in [0.25, 0.3) is 15.7 Å². The molecule has 0 saturated carbocycles. The summed E-state index contributed by atoms with van der Waals surface area (Å²) >= 11 is 1.14. The third-order valence-corrected chi connectivity index (χ3v) is 7.86. The van der Waals surface area contributed by atoms with E-state index in [9.17, 15) is 18.0 Å². The van der Waals surface area contributed by atoms with Gasteiger partial charge >= 0.3 is 5.69 Å². The van der Waals surface area contributed by atoms with Crippen molar-refractivity contribution in [2.75, 3.05) is 12.9 Å². The van der Waals surface area contributed by atoms with E-state index < -0.39 is 49.9 Å². The number of halogens is 1. The number of rotatable bonds is 14. The Morgan fingerprint density at radius 2 is 1.54 bits per heavy atom. The molecule has 3 aromatic rings. The molecule has 0 spiro atoms. The molecular weight excluding hydrogens is 571 g/mol. The molecule has 12 heteroatoms. The van der Waals surface area contributed by atoms with Crippen LogP contribution in [0.15, 0.2) is 76.4 Å². The van der Waals surface area contributed by atoms with Gasteiger partial charge in [0.15, 0.2) is 6.17 Å². The zero-order valence-corrected chi connectivity index (χ0v) is 25.4. The Hall–Kier alpha value is -2.77. The van der Waals surface area contributed by atoms with Crippen LogP contribution in [-0.4, -0.2) is 54.0 Å². The fourth-order valence-corrected chi connectivity index (χ4v) is 5.91. The third kappa shape index (κ3) is 10.5. The lowest BCUT2D eigenvalue weighted by Crippen LogP contribution is -2.48. The van der Waals surface area contributed by atoms with Crippen molar-refractivity contribution in [3.05, 3.63) is 104 Å². The van der Waals surface area contributed by atoms with Crippen molar-refractivity contribution in [2.45, 2.75) is 69.4 Å². The van der Waals surface area contributed by atoms with Gasteiger partial charge in [-0.15, -0.1) is 11.8 Å². The molecule has 0 saturated heterocycles. The number of hydrogen-bond acceptors (Lipinski definition) is 8. The first-order valence-corrected chi connectivity index (χ1v) is 15.7. The fourth-order valence-electron chi connectivity index (χ4n) is 4.01. The monoisotopic (exact) mass is 608 g/mol. The van der Waals surface area contributed by atoms with Crippen LogP contribution in [0.25, 0.3) is 0 Å². The minimum absolute atomic E-state index is 0.0549. The highest BCUT2D eigenvalue weighted by Gasteiger charge is 2.42. The van der Waals surface area contributed by atoms with Gasteiger partial charge in [0, 0.05) is 16.5 Å². The normalized spacial score (nSPS) is 15.3. The number of hydrogen-bond donors (Lipinski definition) is 1. The second-order valence-corrected chi connectivity index (χ2v) is 14.2. The molecule has 0 aliphatic heterocycles. The average Bonchev–Trinajstić information content (AvgIpc) is 2.89. The van der Waals surface area contributed by atoms with Crippen molar-refractivity contribution in [1.29, 1.82) is 0 Å². The lowest BCUT2D eigenvalue weighted by atomic mass is 10.1. The second-order valence-electron chi connectivity index (χ2n) is 10.6. The summed E-state index contributed by atoms with van der Waals surface area (Å²) in [6.45, 7) is 6.84. The van der Waals surface area contributed by atoms with Gasteiger partial charge in [0.05, 0.1) is 26.1 Å². The van der Waals surface area contributed by atoms with E-state index in [1.54, 1.807) is 24.3 Å². The van der Waals surface area contributed by atoms with Gasteiger partial charge in [0.1, 0.15) is 17.6 Å². The summed E-state index contributed by atoms with van der Waals surface area (Å²) in [5.41, 5.74) is 0.400. The van der Waals surface area contributed by atoms with Crippen molar-refractivity contribution in [3.63, 3.8) is 0 Å². The minimum atomic E-state index is -4.08. The molecule has 0 unspecified atom stereocenters. The van der Waals surface area contributed by atoms with Gasteiger partial charge < -0.3 is 9.47 Å². The lowest BCUT2D eigenvalue weighted by Gasteiger charge is -2.35. The van der Waals surface area contributed by atoms with Crippen molar-refractivity contribution >= 4 is 21.9 Å². The first-order chi connectivity index (χ1) is 19.2. The Morgan fingerprint density at radius 3 is 2.07 bits per heavy atom. The molecule has 3 rings (SSSR count). The molecule has 4 atom stereocenters. The SMILES string of the molecule is Cc1cn([C@@H](SC(C)(C)C)[C@@H](F)[C@H](OCc2ccccc2)[C@H](COCc2ccccc2)OS(C)(=O)=O)c(=O)[nH]c1=O. The lowest BCUT2D eigenvalue weighted by molar-refractivity contribution is -0.102. The van der Waals surface area contributed by atoms with Crippen molar-refractivity contribution in [2.24, 2.45) is 0 Å². The van der Waals surface area contributed by atoms with E-state index >= 15 is 4.39 Å². The number of nitrogens with one attached hydrogen (secondary N) is 1. The first kappa shape index (κ1) is 32.7. The standard InChI is InChI=1S/C29H37FN2O7S2/c1-20-16-32(28(34)31-26(20)33)27(40-29(2,3)4)24(30)25(38-18-22-14-10-7-11-15-22)23(39-41(5,35)36)19-37-17-21-12-8-6-9-13-21/h6-16,23-25,27H,17-19H2,1-5H3,(H,31,33,34)/t23-,24-,25+,27-/m0/s1. The number of H-pyrrole nitrogens is 1. The molecule has 1 heterocycles. The van der Waals surface area contributed by atoms with Crippen LogP contribution in [0.3, 0.4) is 0 Å². The van der Waals surface area contributed by atoms with Crippen molar-refractivity contribution in [3.8, 4) is 0 Å². The number of aromatic amines is 1. The Labute approximate surface area is 244 Å². The summed E-state index contributed by atoms with van der Waals surface area (Å²) in [6, 6.07) is 18.2. The molecule has 2 aromatic carbocycles. The highest BCUT2D eigenvalue weighted by atomic mass is 32.2. The molecule has 0 aliphatic carbocycles. The zero-order chi connectivity index (χ0) is 30.2. The molecule has 0 aliphatic rings. The number of benzene rings is 2. The summed E-state index contributed by atoms with van der Waals surface area (Å²) in [4.78, 5) is 27.2. The maximum Gasteiger partial charge on any atom is 0.329 e. The van der Waals surface area contributed by atoms with Crippen molar-refractivity contribution in [1.82, 2.24) is 9.55 Å². The third-order valence-electron chi connectivity index (χ3n) is 5.82. The molecule has 9 nitrogen and oxygen atoms in total. The van der Waals surface area contributed by atoms with Crippen LogP contribution in [-0.2, 0) is 37.0 Å². The Balaban J connectivity index is 2.03. The van der Waals surface area contributed by atoms with Crippen LogP contribution in [0.1, 0.15) is 42.8 Å². The number of alkyl halides is 1. The summed E-state index contributed by atoms with van der Waals surface area (Å²) in [7, 11) is -4.08. The Morgan fingerprint density at radius 1 is 0.976 bits per heavy atom. The Kier molecular flexibility index (Phi) is 11.5. The maximum absolute atomic E-state index is 16.9. The van der Waals surface area contributed by atoms with E-state index in [1.807, 2.05) is 57.2 Å². The van der Waals surface area contributed by atoms with Gasteiger partial charge in [-0.05, 0) is 18.1 Å². The smallest absolute Gasteiger partial charge is 0.329 e. The van der Waals surface area contributed by atoms with Gasteiger partial charge in [-0.1, -0.05) is 81.4 Å². The van der Waals surface area contributed by atoms with Gasteiger partial charge in [-0.3, -0.25) is 18.5 Å². The summed E-state index contributed by atoms with van der Waals surface area (Å²) in [5, 5.41) is -1.21. The zero-order valence-electron chi connectivity index (χ0n) is 23.8. The van der Waals surface area contributed by atoms with Gasteiger partial charge in [-0.25, -0.2) is 9.18 Å². The van der Waals surface area contributed by atoms with Crippen LogP contribution in [0.4, 0.5) is 4.39 Å². The van der Waals surface area contributed by atoms with Gasteiger partial charge in [0.2, 0.25) is 0 Å². The number of ether oxygens (including phenoxy) is 2. The quantitative estimate of drug-likeness (QED) is 0.269. The topological polar surface area (TPSA) is 117 Å². The molecule has 0 fully saturated rings. The summed E-state index contributed by atoms with van der Waals surface area (Å²) in [6.07, 6.45) is -2.69. The van der Waals surface area contributed by atoms with E-state index in [1.165, 1.54) is 13.1 Å². The van der Waals surface area contributed by atoms with E-state index in [2.05, 4.69) is 4.98 Å². The first-order valence-electron chi connectivity index (χ1n) is 13.0. The molecule has 41 heavy (non-hydrogen) atoms. The molecule has 0 bridgehead atoms. The van der Waals surface area contributed by atoms with Crippen LogP contribution < -0.4 is 11.2 Å². The number of aromatic nitrogens is 2. The van der Waals surface area contributed by atoms with Crippen LogP contribution in [0.2, 0.25) is 0 Å². The predicted octanol–water partition coefficient (Wildman–Crippen LogP) is 4.36. The van der Waals surface area contributed by atoms with Crippen LogP contribution in [0.5, 0.6) is 0 Å². The average molecular weight is 609 g/mol. The summed E-state index contributed by atoms with van der Waals surface area (Å²) in [5.74, 6) is 0. The summed E-state index contributed by atoms with van der Waals surface area (Å²) < 4.78 is 59.4. The maximum atomic E-state index is 16.9. The molecule has 224 valence electrons. The largest absolute Gasteiger partial charge is 0.374 e. The van der Waals surface area contributed by atoms with E-state index in [0.29, 0.717) is 0 Å². The number of aryl methyl sites for hydroxylation is 1. The van der Waals surface area contributed by atoms with Crippen molar-refractivity contribution < 1.29 is 26.5 Å². The number of thioether (sulfide) groups is 1. The highest BCUT2D eigenvalue weighted by molar-refractivity contribution is 8.00. The van der Waals surface area contributed by atoms with Crippen LogP contribution in [0, 0.1) is 6.92 Å². The number of nitrogens with zero attached hydrogens (tertiary/aromatic N) is 1. The molecule has 0 radical (unpaired) electrons. The predicted molar refractivity (Wildman–Crippen MR) is 158 cm³/mol. The molecular formula is C29H37FN2O7S2. The van der Waals surface area contributed by atoms with Crippen LogP contribution >= 0.6 is 11.8 Å².